The SMILES string of the molecule is N/C(=C\C(NCc1cccc(-c2ccc(-c3ccc4c(c3)C3(c5ccccc5-4)c4ccccc4N(c4ccccc4)c4ccccc43)cc2)c1)c1ccc(-c2ccccc2)cc1)c1ccccc1. The molecule has 10 aromatic carbocycles. The quantitative estimate of drug-likeness (QED) is 0.144. The van der Waals surface area contributed by atoms with E-state index >= 15 is 0 Å². The maximum atomic E-state index is 6.74. The minimum Gasteiger partial charge on any atom is -0.398 e. The van der Waals surface area contributed by atoms with Crippen molar-refractivity contribution in [2.75, 3.05) is 4.90 Å². The van der Waals surface area contributed by atoms with Crippen molar-refractivity contribution in [1.82, 2.24) is 5.32 Å². The van der Waals surface area contributed by atoms with Gasteiger partial charge in [0.2, 0.25) is 0 Å². The van der Waals surface area contributed by atoms with E-state index in [2.05, 4.69) is 253 Å². The van der Waals surface area contributed by atoms with E-state index in [4.69, 9.17) is 5.73 Å². The van der Waals surface area contributed by atoms with Gasteiger partial charge in [0.25, 0.3) is 0 Å². The van der Waals surface area contributed by atoms with Crippen LogP contribution in [0.3, 0.4) is 0 Å². The second-order valence-electron chi connectivity index (χ2n) is 17.9. The van der Waals surface area contributed by atoms with E-state index in [1.807, 2.05) is 18.2 Å². The number of nitrogens with one attached hydrogen (secondary N) is 1. The Kier molecular flexibility index (Phi) is 10.5. The summed E-state index contributed by atoms with van der Waals surface area (Å²) in [7, 11) is 0. The molecule has 1 atom stereocenters. The van der Waals surface area contributed by atoms with Crippen LogP contribution in [0, 0.1) is 0 Å². The van der Waals surface area contributed by atoms with Gasteiger partial charge in [0.05, 0.1) is 22.8 Å². The highest BCUT2D eigenvalue weighted by molar-refractivity contribution is 5.96. The van der Waals surface area contributed by atoms with E-state index in [-0.39, 0.29) is 6.04 Å². The van der Waals surface area contributed by atoms with Crippen molar-refractivity contribution >= 4 is 22.8 Å². The smallest absolute Gasteiger partial charge is 0.0754 e. The van der Waals surface area contributed by atoms with Crippen molar-refractivity contribution in [1.29, 1.82) is 0 Å². The zero-order valence-electron chi connectivity index (χ0n) is 37.6. The van der Waals surface area contributed by atoms with Crippen molar-refractivity contribution in [3.63, 3.8) is 0 Å². The third-order valence-corrected chi connectivity index (χ3v) is 14.0. The number of fused-ring (bicyclic) bond motifs is 9. The van der Waals surface area contributed by atoms with E-state index in [9.17, 15) is 0 Å². The highest BCUT2D eigenvalue weighted by atomic mass is 15.2. The van der Waals surface area contributed by atoms with Gasteiger partial charge in [-0.05, 0) is 126 Å². The Hall–Kier alpha value is -8.50. The number of benzene rings is 10. The number of hydrogen-bond acceptors (Lipinski definition) is 3. The van der Waals surface area contributed by atoms with Crippen LogP contribution >= 0.6 is 0 Å². The molecule has 1 unspecified atom stereocenters. The Bertz CT molecular complexity index is 3400. The molecule has 0 amide bonds. The molecule has 0 fully saturated rings. The molecular weight excluding hydrogens is 823 g/mol. The molecular formula is C65H49N3. The van der Waals surface area contributed by atoms with Crippen LogP contribution in [-0.4, -0.2) is 0 Å². The van der Waals surface area contributed by atoms with Crippen molar-refractivity contribution in [3.8, 4) is 44.5 Å². The van der Waals surface area contributed by atoms with E-state index in [0.29, 0.717) is 6.54 Å². The monoisotopic (exact) mass is 871 g/mol. The molecule has 12 rings (SSSR count). The number of nitrogens with zero attached hydrogens (tertiary/aromatic N) is 1. The molecule has 3 heteroatoms. The maximum Gasteiger partial charge on any atom is 0.0754 e. The number of nitrogens with two attached hydrogens (primary N) is 1. The molecule has 0 saturated carbocycles. The maximum absolute atomic E-state index is 6.74. The van der Waals surface area contributed by atoms with Crippen LogP contribution < -0.4 is 16.0 Å². The van der Waals surface area contributed by atoms with Crippen molar-refractivity contribution < 1.29 is 0 Å². The van der Waals surface area contributed by atoms with Gasteiger partial charge in [0, 0.05) is 17.9 Å². The second-order valence-corrected chi connectivity index (χ2v) is 17.9. The molecule has 10 aromatic rings. The lowest BCUT2D eigenvalue weighted by atomic mass is 9.64. The number of rotatable bonds is 10. The van der Waals surface area contributed by atoms with Gasteiger partial charge in [-0.1, -0.05) is 218 Å². The van der Waals surface area contributed by atoms with Gasteiger partial charge in [-0.3, -0.25) is 0 Å². The van der Waals surface area contributed by atoms with Crippen LogP contribution in [0.1, 0.15) is 45.0 Å². The zero-order valence-corrected chi connectivity index (χ0v) is 37.6. The normalized spacial score (nSPS) is 13.6. The van der Waals surface area contributed by atoms with Gasteiger partial charge in [0.15, 0.2) is 0 Å². The second kappa shape index (κ2) is 17.4. The summed E-state index contributed by atoms with van der Waals surface area (Å²) >= 11 is 0. The van der Waals surface area contributed by atoms with E-state index in [1.54, 1.807) is 0 Å². The molecule has 1 aliphatic carbocycles. The van der Waals surface area contributed by atoms with E-state index in [1.165, 1.54) is 83.7 Å². The number of para-hydroxylation sites is 3. The molecule has 3 nitrogen and oxygen atoms in total. The van der Waals surface area contributed by atoms with E-state index < -0.39 is 5.41 Å². The summed E-state index contributed by atoms with van der Waals surface area (Å²) in [5.41, 5.74) is 28.9. The molecule has 0 bridgehead atoms. The predicted octanol–water partition coefficient (Wildman–Crippen LogP) is 15.7. The van der Waals surface area contributed by atoms with Crippen molar-refractivity contribution in [3.05, 3.63) is 300 Å². The summed E-state index contributed by atoms with van der Waals surface area (Å²) in [5, 5.41) is 3.84. The van der Waals surface area contributed by atoms with Crippen LogP contribution in [0.15, 0.2) is 261 Å². The van der Waals surface area contributed by atoms with Gasteiger partial charge in [-0.15, -0.1) is 0 Å². The Balaban J connectivity index is 0.860. The highest BCUT2D eigenvalue weighted by Crippen LogP contribution is 2.63. The summed E-state index contributed by atoms with van der Waals surface area (Å²) < 4.78 is 0. The van der Waals surface area contributed by atoms with Crippen LogP contribution in [0.5, 0.6) is 0 Å². The summed E-state index contributed by atoms with van der Waals surface area (Å²) in [5.74, 6) is 0. The molecule has 3 N–H and O–H groups in total. The first kappa shape index (κ1) is 41.0. The summed E-state index contributed by atoms with van der Waals surface area (Å²) in [4.78, 5) is 2.44. The molecule has 324 valence electrons. The van der Waals surface area contributed by atoms with E-state index in [0.717, 1.165) is 22.5 Å². The highest BCUT2D eigenvalue weighted by Gasteiger charge is 2.51. The van der Waals surface area contributed by atoms with Crippen LogP contribution in [0.4, 0.5) is 17.1 Å². The topological polar surface area (TPSA) is 41.3 Å². The van der Waals surface area contributed by atoms with Gasteiger partial charge in [0.1, 0.15) is 0 Å². The Morgan fingerprint density at radius 1 is 0.426 bits per heavy atom. The molecule has 1 heterocycles. The fourth-order valence-electron chi connectivity index (χ4n) is 10.8. The largest absolute Gasteiger partial charge is 0.398 e. The molecule has 0 aromatic heterocycles. The van der Waals surface area contributed by atoms with Crippen LogP contribution in [0.2, 0.25) is 0 Å². The predicted molar refractivity (Wildman–Crippen MR) is 283 cm³/mol. The first-order chi connectivity index (χ1) is 33.6. The fraction of sp³-hybridized carbons (Fsp3) is 0.0462. The number of hydrogen-bond donors (Lipinski definition) is 2. The van der Waals surface area contributed by atoms with Crippen LogP contribution in [-0.2, 0) is 12.0 Å². The Labute approximate surface area is 399 Å². The molecule has 0 saturated heterocycles. The first-order valence-corrected chi connectivity index (χ1v) is 23.5. The molecule has 0 radical (unpaired) electrons. The lowest BCUT2D eigenvalue weighted by Crippen LogP contribution is -2.36. The minimum absolute atomic E-state index is 0.0967. The third-order valence-electron chi connectivity index (χ3n) is 14.0. The summed E-state index contributed by atoms with van der Waals surface area (Å²) in [6.07, 6.45) is 2.14. The zero-order chi connectivity index (χ0) is 45.4. The average molecular weight is 872 g/mol. The summed E-state index contributed by atoms with van der Waals surface area (Å²) in [6, 6.07) is 92.3. The molecule has 2 aliphatic rings. The number of anilines is 3. The molecule has 1 aliphatic heterocycles. The summed E-state index contributed by atoms with van der Waals surface area (Å²) in [6.45, 7) is 0.671. The molecule has 1 spiro atoms. The Morgan fingerprint density at radius 3 is 1.59 bits per heavy atom. The third kappa shape index (κ3) is 7.13. The molecule has 68 heavy (non-hydrogen) atoms. The van der Waals surface area contributed by atoms with Gasteiger partial charge in [-0.2, -0.15) is 0 Å². The standard InChI is InChI=1S/C65H49N3/c66-61(50-20-6-2-7-21-50)43-62(51-37-35-47(36-38-51)46-18-4-1-5-19-46)67-44-45-17-16-22-52(41-45)48-31-33-49(34-32-48)53-39-40-56-55-25-10-11-26-57(55)65(60(56)42-53)58-27-12-14-29-63(58)68(54-23-8-3-9-24-54)64-30-15-13-28-59(64)65/h1-43,62,67H,44,66H2/b61-43-. The lowest BCUT2D eigenvalue weighted by Gasteiger charge is -2.45. The van der Waals surface area contributed by atoms with Crippen LogP contribution in [0.25, 0.3) is 50.2 Å². The van der Waals surface area contributed by atoms with Crippen molar-refractivity contribution in [2.24, 2.45) is 5.73 Å². The van der Waals surface area contributed by atoms with Crippen molar-refractivity contribution in [2.45, 2.75) is 18.0 Å². The average Bonchev–Trinajstić information content (AvgIpc) is 3.70. The van der Waals surface area contributed by atoms with Gasteiger partial charge < -0.3 is 16.0 Å². The fourth-order valence-corrected chi connectivity index (χ4v) is 10.8. The minimum atomic E-state index is -0.498. The Morgan fingerprint density at radius 2 is 0.912 bits per heavy atom. The van der Waals surface area contributed by atoms with Gasteiger partial charge >= 0.3 is 0 Å². The lowest BCUT2D eigenvalue weighted by molar-refractivity contribution is 0.621. The first-order valence-electron chi connectivity index (χ1n) is 23.5. The van der Waals surface area contributed by atoms with Gasteiger partial charge in [-0.25, -0.2) is 0 Å².